The number of ether oxygens (including phenoxy) is 4. The van der Waals surface area contributed by atoms with E-state index in [2.05, 4.69) is 5.32 Å². The molecular formula is C21H23NO7. The summed E-state index contributed by atoms with van der Waals surface area (Å²) >= 11 is 0. The van der Waals surface area contributed by atoms with Crippen LogP contribution in [0.15, 0.2) is 42.5 Å². The average molecular weight is 401 g/mol. The molecule has 0 unspecified atom stereocenters. The van der Waals surface area contributed by atoms with E-state index in [0.29, 0.717) is 23.6 Å². The van der Waals surface area contributed by atoms with Crippen molar-refractivity contribution in [2.24, 2.45) is 0 Å². The van der Waals surface area contributed by atoms with E-state index in [1.54, 1.807) is 25.3 Å². The second kappa shape index (κ2) is 10.7. The maximum absolute atomic E-state index is 11.8. The van der Waals surface area contributed by atoms with Gasteiger partial charge in [0.15, 0.2) is 30.5 Å². The number of Topliss-reactive ketones (excluding diaryl/α,β-unsaturated/α-hetero) is 1. The third-order valence-corrected chi connectivity index (χ3v) is 3.93. The van der Waals surface area contributed by atoms with Gasteiger partial charge in [-0.1, -0.05) is 12.1 Å². The van der Waals surface area contributed by atoms with Crippen molar-refractivity contribution in [1.82, 2.24) is 5.32 Å². The molecule has 0 aliphatic carbocycles. The number of carbonyl (C=O) groups is 3. The van der Waals surface area contributed by atoms with Gasteiger partial charge in [-0.05, 0) is 42.8 Å². The highest BCUT2D eigenvalue weighted by Gasteiger charge is 2.12. The molecule has 0 aliphatic rings. The zero-order chi connectivity index (χ0) is 21.2. The number of hydrogen-bond acceptors (Lipinski definition) is 7. The Balaban J connectivity index is 1.75. The van der Waals surface area contributed by atoms with Gasteiger partial charge in [0.05, 0.1) is 14.2 Å². The molecule has 0 spiro atoms. The molecule has 8 heteroatoms. The van der Waals surface area contributed by atoms with Gasteiger partial charge in [-0.25, -0.2) is 4.79 Å². The number of esters is 1. The van der Waals surface area contributed by atoms with Crippen LogP contribution in [0.4, 0.5) is 0 Å². The summed E-state index contributed by atoms with van der Waals surface area (Å²) in [5, 5.41) is 2.65. The van der Waals surface area contributed by atoms with Gasteiger partial charge >= 0.3 is 5.97 Å². The molecule has 0 saturated carbocycles. The second-order valence-corrected chi connectivity index (χ2v) is 6.00. The summed E-state index contributed by atoms with van der Waals surface area (Å²) in [7, 11) is 3.00. The first-order chi connectivity index (χ1) is 13.9. The first kappa shape index (κ1) is 21.7. The maximum atomic E-state index is 11.8. The molecule has 1 N–H and O–H groups in total. The quantitative estimate of drug-likeness (QED) is 0.481. The lowest BCUT2D eigenvalue weighted by Crippen LogP contribution is -2.29. The maximum Gasteiger partial charge on any atom is 0.344 e. The van der Waals surface area contributed by atoms with Crippen LogP contribution in [0.2, 0.25) is 0 Å². The fourth-order valence-corrected chi connectivity index (χ4v) is 2.33. The summed E-state index contributed by atoms with van der Waals surface area (Å²) in [4.78, 5) is 35.0. The number of ketones is 1. The van der Waals surface area contributed by atoms with Crippen LogP contribution in [0.5, 0.6) is 17.2 Å². The predicted molar refractivity (Wildman–Crippen MR) is 104 cm³/mol. The SMILES string of the molecule is COc1ccc(CNC(=O)COC(=O)COc2ccc(C(C)=O)cc2OC)cc1. The number of benzene rings is 2. The van der Waals surface area contributed by atoms with E-state index in [1.165, 1.54) is 26.2 Å². The van der Waals surface area contributed by atoms with Gasteiger partial charge in [0, 0.05) is 12.1 Å². The number of amides is 1. The van der Waals surface area contributed by atoms with Gasteiger partial charge in [-0.3, -0.25) is 9.59 Å². The number of carbonyl (C=O) groups excluding carboxylic acids is 3. The first-order valence-electron chi connectivity index (χ1n) is 8.80. The Bertz CT molecular complexity index is 862. The third-order valence-electron chi connectivity index (χ3n) is 3.93. The molecule has 0 radical (unpaired) electrons. The van der Waals surface area contributed by atoms with Crippen LogP contribution < -0.4 is 19.5 Å². The highest BCUT2D eigenvalue weighted by molar-refractivity contribution is 5.94. The smallest absolute Gasteiger partial charge is 0.344 e. The average Bonchev–Trinajstić information content (AvgIpc) is 2.74. The lowest BCUT2D eigenvalue weighted by molar-refractivity contribution is -0.150. The standard InChI is InChI=1S/C21H23NO7/c1-14(23)16-6-9-18(19(10-16)27-3)28-13-21(25)29-12-20(24)22-11-15-4-7-17(26-2)8-5-15/h4-10H,11-13H2,1-3H3,(H,22,24). The van der Waals surface area contributed by atoms with Crippen LogP contribution in [0.3, 0.4) is 0 Å². The van der Waals surface area contributed by atoms with E-state index in [0.717, 1.165) is 11.3 Å². The van der Waals surface area contributed by atoms with Crippen molar-refractivity contribution in [3.05, 3.63) is 53.6 Å². The van der Waals surface area contributed by atoms with E-state index in [1.807, 2.05) is 12.1 Å². The van der Waals surface area contributed by atoms with Gasteiger partial charge in [-0.15, -0.1) is 0 Å². The summed E-state index contributed by atoms with van der Waals surface area (Å²) in [5.41, 5.74) is 1.35. The molecule has 8 nitrogen and oxygen atoms in total. The molecule has 29 heavy (non-hydrogen) atoms. The second-order valence-electron chi connectivity index (χ2n) is 6.00. The van der Waals surface area contributed by atoms with Crippen LogP contribution in [0.25, 0.3) is 0 Å². The summed E-state index contributed by atoms with van der Waals surface area (Å²) in [6, 6.07) is 11.8. The van der Waals surface area contributed by atoms with E-state index < -0.39 is 25.1 Å². The molecule has 0 bridgehead atoms. The third kappa shape index (κ3) is 6.84. The Labute approximate surface area is 168 Å². The first-order valence-corrected chi connectivity index (χ1v) is 8.80. The fourth-order valence-electron chi connectivity index (χ4n) is 2.33. The minimum atomic E-state index is -0.706. The molecule has 2 rings (SSSR count). The number of hydrogen-bond donors (Lipinski definition) is 1. The largest absolute Gasteiger partial charge is 0.497 e. The minimum Gasteiger partial charge on any atom is -0.497 e. The van der Waals surface area contributed by atoms with Gasteiger partial charge in [-0.2, -0.15) is 0 Å². The summed E-state index contributed by atoms with van der Waals surface area (Å²) in [5.74, 6) is 0.0810. The Kier molecular flexibility index (Phi) is 8.02. The van der Waals surface area contributed by atoms with E-state index in [9.17, 15) is 14.4 Å². The molecular weight excluding hydrogens is 378 g/mol. The van der Waals surface area contributed by atoms with Crippen molar-refractivity contribution in [2.45, 2.75) is 13.5 Å². The number of rotatable bonds is 10. The number of nitrogens with one attached hydrogen (secondary N) is 1. The van der Waals surface area contributed by atoms with Gasteiger partial charge in [0.1, 0.15) is 5.75 Å². The van der Waals surface area contributed by atoms with Crippen LogP contribution in [0, 0.1) is 0 Å². The molecule has 2 aromatic carbocycles. The van der Waals surface area contributed by atoms with Crippen molar-refractivity contribution in [3.8, 4) is 17.2 Å². The Morgan fingerprint density at radius 2 is 1.62 bits per heavy atom. The van der Waals surface area contributed by atoms with Crippen molar-refractivity contribution < 1.29 is 33.3 Å². The molecule has 0 aromatic heterocycles. The highest BCUT2D eigenvalue weighted by atomic mass is 16.6. The van der Waals surface area contributed by atoms with Crippen molar-refractivity contribution in [3.63, 3.8) is 0 Å². The van der Waals surface area contributed by atoms with Gasteiger partial charge in [0.2, 0.25) is 0 Å². The lowest BCUT2D eigenvalue weighted by atomic mass is 10.1. The molecule has 154 valence electrons. The van der Waals surface area contributed by atoms with E-state index >= 15 is 0 Å². The van der Waals surface area contributed by atoms with Crippen molar-refractivity contribution in [2.75, 3.05) is 27.4 Å². The van der Waals surface area contributed by atoms with Crippen LogP contribution in [-0.2, 0) is 20.9 Å². The summed E-state index contributed by atoms with van der Waals surface area (Å²) in [6.45, 7) is 0.920. The van der Waals surface area contributed by atoms with Crippen molar-refractivity contribution in [1.29, 1.82) is 0 Å². The molecule has 0 saturated heterocycles. The molecule has 0 atom stereocenters. The Morgan fingerprint density at radius 3 is 2.24 bits per heavy atom. The highest BCUT2D eigenvalue weighted by Crippen LogP contribution is 2.28. The van der Waals surface area contributed by atoms with Gasteiger partial charge < -0.3 is 24.3 Å². The fraction of sp³-hybridized carbons (Fsp3) is 0.286. The zero-order valence-electron chi connectivity index (χ0n) is 16.5. The van der Waals surface area contributed by atoms with Crippen LogP contribution >= 0.6 is 0 Å². The van der Waals surface area contributed by atoms with Gasteiger partial charge in [0.25, 0.3) is 5.91 Å². The van der Waals surface area contributed by atoms with Crippen molar-refractivity contribution >= 4 is 17.7 Å². The minimum absolute atomic E-state index is 0.116. The van der Waals surface area contributed by atoms with E-state index in [4.69, 9.17) is 18.9 Å². The van der Waals surface area contributed by atoms with Crippen LogP contribution in [-0.4, -0.2) is 45.1 Å². The molecule has 2 aromatic rings. The normalized spacial score (nSPS) is 10.0. The lowest BCUT2D eigenvalue weighted by Gasteiger charge is -2.11. The summed E-state index contributed by atoms with van der Waals surface area (Å²) < 4.78 is 20.5. The summed E-state index contributed by atoms with van der Waals surface area (Å²) in [6.07, 6.45) is 0. The molecule has 1 amide bonds. The molecule has 0 heterocycles. The predicted octanol–water partition coefficient (Wildman–Crippen LogP) is 2.14. The number of methoxy groups -OCH3 is 2. The monoisotopic (exact) mass is 401 g/mol. The Morgan fingerprint density at radius 1 is 0.897 bits per heavy atom. The molecule has 0 aliphatic heterocycles. The van der Waals surface area contributed by atoms with Crippen LogP contribution in [0.1, 0.15) is 22.8 Å². The zero-order valence-corrected chi connectivity index (χ0v) is 16.5. The molecule has 0 fully saturated rings. The Hall–Kier alpha value is -3.55. The van der Waals surface area contributed by atoms with E-state index in [-0.39, 0.29) is 5.78 Å². The topological polar surface area (TPSA) is 100 Å².